The summed E-state index contributed by atoms with van der Waals surface area (Å²) in [6.45, 7) is 4.94. The van der Waals surface area contributed by atoms with E-state index in [0.29, 0.717) is 0 Å². The number of aryl methyl sites for hydroxylation is 1. The lowest BCUT2D eigenvalue weighted by Crippen LogP contribution is -2.37. The van der Waals surface area contributed by atoms with Gasteiger partial charge in [0.1, 0.15) is 0 Å². The largest absolute Gasteiger partial charge is 0.436 e. The van der Waals surface area contributed by atoms with E-state index in [0.717, 1.165) is 24.9 Å². The summed E-state index contributed by atoms with van der Waals surface area (Å²) in [6.07, 6.45) is 1.97. The van der Waals surface area contributed by atoms with Gasteiger partial charge >= 0.3 is 6.09 Å². The average Bonchev–Trinajstić information content (AvgIpc) is 2.86. The maximum atomic E-state index is 11.8. The number of amides is 1. The van der Waals surface area contributed by atoms with Gasteiger partial charge in [0.25, 0.3) is 0 Å². The van der Waals surface area contributed by atoms with Crippen molar-refractivity contribution in [1.82, 2.24) is 4.90 Å². The van der Waals surface area contributed by atoms with Crippen LogP contribution in [-0.2, 0) is 10.3 Å². The lowest BCUT2D eigenvalue weighted by Gasteiger charge is -2.28. The third kappa shape index (κ3) is 1.45. The minimum Gasteiger partial charge on any atom is -0.436 e. The molecule has 0 radical (unpaired) electrons. The average molecular weight is 231 g/mol. The molecule has 17 heavy (non-hydrogen) atoms. The topological polar surface area (TPSA) is 29.5 Å². The molecule has 90 valence electrons. The van der Waals surface area contributed by atoms with Crippen molar-refractivity contribution in [1.29, 1.82) is 0 Å². The van der Waals surface area contributed by atoms with E-state index in [1.165, 1.54) is 5.56 Å². The molecule has 0 spiro atoms. The zero-order valence-corrected chi connectivity index (χ0v) is 10.3. The van der Waals surface area contributed by atoms with Gasteiger partial charge in [0.05, 0.1) is 6.04 Å². The molecule has 2 atom stereocenters. The molecule has 0 aromatic heterocycles. The molecule has 2 aliphatic heterocycles. The fourth-order valence-corrected chi connectivity index (χ4v) is 3.00. The first-order chi connectivity index (χ1) is 8.11. The molecule has 3 heteroatoms. The second kappa shape index (κ2) is 3.49. The van der Waals surface area contributed by atoms with Gasteiger partial charge in [-0.3, -0.25) is 0 Å². The summed E-state index contributed by atoms with van der Waals surface area (Å²) < 4.78 is 5.63. The summed E-state index contributed by atoms with van der Waals surface area (Å²) in [7, 11) is 0. The minimum absolute atomic E-state index is 0.157. The number of carbonyl (C=O) groups excluding carboxylic acids is 1. The molecule has 3 nitrogen and oxygen atoms in total. The van der Waals surface area contributed by atoms with Crippen LogP contribution in [0.1, 0.15) is 30.9 Å². The predicted molar refractivity (Wildman–Crippen MR) is 64.7 cm³/mol. The highest BCUT2D eigenvalue weighted by Gasteiger charge is 2.53. The number of ether oxygens (including phenoxy) is 1. The Hall–Kier alpha value is -1.51. The quantitative estimate of drug-likeness (QED) is 0.743. The lowest BCUT2D eigenvalue weighted by molar-refractivity contribution is 0.0484. The van der Waals surface area contributed by atoms with Crippen LogP contribution in [0.3, 0.4) is 0 Å². The van der Waals surface area contributed by atoms with Gasteiger partial charge in [-0.1, -0.05) is 29.8 Å². The van der Waals surface area contributed by atoms with Gasteiger partial charge in [-0.05, 0) is 32.3 Å². The summed E-state index contributed by atoms with van der Waals surface area (Å²) >= 11 is 0. The van der Waals surface area contributed by atoms with Crippen LogP contribution in [0.5, 0.6) is 0 Å². The van der Waals surface area contributed by atoms with Crippen molar-refractivity contribution in [2.45, 2.75) is 38.3 Å². The van der Waals surface area contributed by atoms with Crippen LogP contribution >= 0.6 is 0 Å². The Labute approximate surface area is 101 Å². The van der Waals surface area contributed by atoms with Crippen molar-refractivity contribution in [3.8, 4) is 0 Å². The van der Waals surface area contributed by atoms with E-state index in [1.54, 1.807) is 0 Å². The van der Waals surface area contributed by atoms with Crippen molar-refractivity contribution < 1.29 is 9.53 Å². The first-order valence-corrected chi connectivity index (χ1v) is 6.18. The second-order valence-electron chi connectivity index (χ2n) is 5.19. The molecular weight excluding hydrogens is 214 g/mol. The Bertz CT molecular complexity index is 454. The summed E-state index contributed by atoms with van der Waals surface area (Å²) in [5, 5.41) is 0. The molecule has 0 bridgehead atoms. The zero-order chi connectivity index (χ0) is 12.0. The van der Waals surface area contributed by atoms with E-state index >= 15 is 0 Å². The van der Waals surface area contributed by atoms with E-state index in [-0.39, 0.29) is 12.1 Å². The van der Waals surface area contributed by atoms with E-state index in [4.69, 9.17) is 4.74 Å². The highest BCUT2D eigenvalue weighted by molar-refractivity contribution is 5.72. The van der Waals surface area contributed by atoms with Gasteiger partial charge in [0, 0.05) is 6.54 Å². The smallest absolute Gasteiger partial charge is 0.411 e. The van der Waals surface area contributed by atoms with Gasteiger partial charge in [-0.15, -0.1) is 0 Å². The highest BCUT2D eigenvalue weighted by Crippen LogP contribution is 2.43. The number of hydrogen-bond acceptors (Lipinski definition) is 2. The maximum absolute atomic E-state index is 11.8. The summed E-state index contributed by atoms with van der Waals surface area (Å²) in [4.78, 5) is 13.7. The molecule has 1 aromatic rings. The third-order valence-electron chi connectivity index (χ3n) is 4.05. The van der Waals surface area contributed by atoms with Crippen molar-refractivity contribution in [2.75, 3.05) is 6.54 Å². The first kappa shape index (κ1) is 10.6. The molecule has 1 aromatic carbocycles. The van der Waals surface area contributed by atoms with Crippen LogP contribution in [0.15, 0.2) is 24.3 Å². The number of nitrogens with zero attached hydrogens (tertiary/aromatic N) is 1. The normalized spacial score (nSPS) is 31.5. The van der Waals surface area contributed by atoms with Crippen molar-refractivity contribution in [2.24, 2.45) is 0 Å². The van der Waals surface area contributed by atoms with Crippen molar-refractivity contribution in [3.05, 3.63) is 35.4 Å². The Balaban J connectivity index is 2.01. The SMILES string of the molecule is Cc1ccc([C@@]2(C)OC(=O)N3CCC[C@H]32)cc1. The molecule has 0 saturated carbocycles. The Morgan fingerprint density at radius 1 is 1.35 bits per heavy atom. The molecule has 2 heterocycles. The van der Waals surface area contributed by atoms with Crippen LogP contribution in [0, 0.1) is 6.92 Å². The number of hydrogen-bond donors (Lipinski definition) is 0. The zero-order valence-electron chi connectivity index (χ0n) is 10.3. The fourth-order valence-electron chi connectivity index (χ4n) is 3.00. The Morgan fingerprint density at radius 3 is 2.76 bits per heavy atom. The van der Waals surface area contributed by atoms with Crippen LogP contribution in [0.2, 0.25) is 0 Å². The number of benzene rings is 1. The van der Waals surface area contributed by atoms with Crippen LogP contribution < -0.4 is 0 Å². The third-order valence-corrected chi connectivity index (χ3v) is 4.05. The Kier molecular flexibility index (Phi) is 2.18. The fraction of sp³-hybridized carbons (Fsp3) is 0.500. The van der Waals surface area contributed by atoms with E-state index < -0.39 is 5.60 Å². The monoisotopic (exact) mass is 231 g/mol. The van der Waals surface area contributed by atoms with Crippen LogP contribution in [0.25, 0.3) is 0 Å². The maximum Gasteiger partial charge on any atom is 0.411 e. The highest BCUT2D eigenvalue weighted by atomic mass is 16.6. The van der Waals surface area contributed by atoms with Gasteiger partial charge in [-0.25, -0.2) is 4.79 Å². The molecule has 0 N–H and O–H groups in total. The molecule has 2 fully saturated rings. The summed E-state index contributed by atoms with van der Waals surface area (Å²) in [5.41, 5.74) is 1.86. The van der Waals surface area contributed by atoms with Crippen molar-refractivity contribution in [3.63, 3.8) is 0 Å². The molecular formula is C14H17NO2. The lowest BCUT2D eigenvalue weighted by atomic mass is 9.87. The number of rotatable bonds is 1. The van der Waals surface area contributed by atoms with Gasteiger partial charge in [0.15, 0.2) is 5.60 Å². The van der Waals surface area contributed by atoms with E-state index in [2.05, 4.69) is 31.2 Å². The van der Waals surface area contributed by atoms with Gasteiger partial charge < -0.3 is 9.64 Å². The molecule has 0 unspecified atom stereocenters. The molecule has 1 amide bonds. The minimum atomic E-state index is -0.471. The molecule has 2 aliphatic rings. The molecule has 3 rings (SSSR count). The van der Waals surface area contributed by atoms with Crippen LogP contribution in [-0.4, -0.2) is 23.6 Å². The predicted octanol–water partition coefficient (Wildman–Crippen LogP) is 2.82. The first-order valence-electron chi connectivity index (χ1n) is 6.18. The second-order valence-corrected chi connectivity index (χ2v) is 5.19. The summed E-state index contributed by atoms with van der Waals surface area (Å²) in [6, 6.07) is 8.50. The number of cyclic esters (lactones) is 1. The van der Waals surface area contributed by atoms with Crippen LogP contribution in [0.4, 0.5) is 4.79 Å². The van der Waals surface area contributed by atoms with E-state index in [1.807, 2.05) is 11.8 Å². The van der Waals surface area contributed by atoms with Gasteiger partial charge in [-0.2, -0.15) is 0 Å². The Morgan fingerprint density at radius 2 is 2.06 bits per heavy atom. The number of carbonyl (C=O) groups is 1. The van der Waals surface area contributed by atoms with Crippen molar-refractivity contribution >= 4 is 6.09 Å². The van der Waals surface area contributed by atoms with Gasteiger partial charge in [0.2, 0.25) is 0 Å². The molecule has 2 saturated heterocycles. The summed E-state index contributed by atoms with van der Waals surface area (Å²) in [5.74, 6) is 0. The van der Waals surface area contributed by atoms with E-state index in [9.17, 15) is 4.79 Å². The number of fused-ring (bicyclic) bond motifs is 1. The molecule has 0 aliphatic carbocycles. The standard InChI is InChI=1S/C14H17NO2/c1-10-5-7-11(8-6-10)14(2)12-4-3-9-15(12)13(16)17-14/h5-8,12H,3-4,9H2,1-2H3/t12-,14+/m0/s1.